The second-order valence-electron chi connectivity index (χ2n) is 3.79. The van der Waals surface area contributed by atoms with Gasteiger partial charge in [-0.3, -0.25) is 4.79 Å². The van der Waals surface area contributed by atoms with Gasteiger partial charge in [-0.2, -0.15) is 4.72 Å². The topological polar surface area (TPSA) is 87.3 Å². The predicted molar refractivity (Wildman–Crippen MR) is 56.9 cm³/mol. The van der Waals surface area contributed by atoms with Crippen LogP contribution in [0.1, 0.15) is 12.8 Å². The Hall–Kier alpha value is -0.660. The van der Waals surface area contributed by atoms with Crippen molar-refractivity contribution in [2.45, 2.75) is 18.4 Å². The molecule has 15 heavy (non-hydrogen) atoms. The Morgan fingerprint density at radius 1 is 1.33 bits per heavy atom. The number of rotatable bonds is 3. The zero-order valence-electron chi connectivity index (χ0n) is 8.96. The highest BCUT2D eigenvalue weighted by Crippen LogP contribution is 2.19. The number of hydrogen-bond donors (Lipinski definition) is 3. The maximum atomic E-state index is 11.7. The van der Waals surface area contributed by atoms with Gasteiger partial charge in [0.25, 0.3) is 0 Å². The summed E-state index contributed by atoms with van der Waals surface area (Å²) in [6.45, 7) is 1.27. The fourth-order valence-corrected chi connectivity index (χ4v) is 2.83. The molecule has 0 bridgehead atoms. The quantitative estimate of drug-likeness (QED) is 0.550. The van der Waals surface area contributed by atoms with Crippen LogP contribution in [0.4, 0.5) is 0 Å². The van der Waals surface area contributed by atoms with Gasteiger partial charge in [-0.15, -0.1) is 0 Å². The van der Waals surface area contributed by atoms with Crippen LogP contribution in [-0.2, 0) is 14.8 Å². The summed E-state index contributed by atoms with van der Waals surface area (Å²) in [5.41, 5.74) is -0.979. The van der Waals surface area contributed by atoms with E-state index in [4.69, 9.17) is 0 Å². The summed E-state index contributed by atoms with van der Waals surface area (Å²) in [5.74, 6) is -0.269. The van der Waals surface area contributed by atoms with Crippen molar-refractivity contribution >= 4 is 15.9 Å². The molecule has 3 N–H and O–H groups in total. The molecule has 0 radical (unpaired) electrons. The van der Waals surface area contributed by atoms with Crippen LogP contribution in [0.2, 0.25) is 0 Å². The van der Waals surface area contributed by atoms with Crippen molar-refractivity contribution in [1.29, 1.82) is 0 Å². The molecule has 0 atom stereocenters. The molecule has 1 aliphatic heterocycles. The van der Waals surface area contributed by atoms with Gasteiger partial charge >= 0.3 is 0 Å². The van der Waals surface area contributed by atoms with Crippen molar-refractivity contribution < 1.29 is 13.2 Å². The second-order valence-corrected chi connectivity index (χ2v) is 5.53. The zero-order chi connectivity index (χ0) is 11.5. The van der Waals surface area contributed by atoms with Crippen LogP contribution in [0.15, 0.2) is 0 Å². The molecule has 7 heteroatoms. The summed E-state index contributed by atoms with van der Waals surface area (Å²) in [6, 6.07) is 0. The Balaban J connectivity index is 2.90. The maximum Gasteiger partial charge on any atom is 0.241 e. The lowest BCUT2D eigenvalue weighted by Gasteiger charge is -2.35. The average molecular weight is 235 g/mol. The molecule has 0 saturated carbocycles. The van der Waals surface area contributed by atoms with Gasteiger partial charge < -0.3 is 10.6 Å². The summed E-state index contributed by atoms with van der Waals surface area (Å²) in [6.07, 6.45) is 2.01. The van der Waals surface area contributed by atoms with Crippen LogP contribution in [0, 0.1) is 0 Å². The standard InChI is InChI=1S/C8H17N3O3S/c1-9-7(12)8(11-15(2,13)14)3-5-10-6-4-8/h10-11H,3-6H2,1-2H3,(H,9,12). The van der Waals surface area contributed by atoms with E-state index in [9.17, 15) is 13.2 Å². The second kappa shape index (κ2) is 4.46. The van der Waals surface area contributed by atoms with Gasteiger partial charge in [0.05, 0.1) is 6.26 Å². The molecule has 1 saturated heterocycles. The number of nitrogens with one attached hydrogen (secondary N) is 3. The lowest BCUT2D eigenvalue weighted by molar-refractivity contribution is -0.127. The summed E-state index contributed by atoms with van der Waals surface area (Å²) in [7, 11) is -1.87. The number of amides is 1. The van der Waals surface area contributed by atoms with Gasteiger partial charge in [0.15, 0.2) is 0 Å². The van der Waals surface area contributed by atoms with Crippen LogP contribution in [0.3, 0.4) is 0 Å². The van der Waals surface area contributed by atoms with Crippen LogP contribution < -0.4 is 15.4 Å². The first-order valence-corrected chi connectivity index (χ1v) is 6.71. The van der Waals surface area contributed by atoms with E-state index in [0.29, 0.717) is 25.9 Å². The SMILES string of the molecule is CNC(=O)C1(NS(C)(=O)=O)CCNCC1. The highest BCUT2D eigenvalue weighted by molar-refractivity contribution is 7.88. The molecule has 0 aromatic rings. The monoisotopic (exact) mass is 235 g/mol. The first-order valence-electron chi connectivity index (χ1n) is 4.81. The smallest absolute Gasteiger partial charge is 0.241 e. The molecule has 0 spiro atoms. The molecule has 1 amide bonds. The van der Waals surface area contributed by atoms with Crippen molar-refractivity contribution in [3.05, 3.63) is 0 Å². The number of piperidine rings is 1. The number of carbonyl (C=O) groups excluding carboxylic acids is 1. The molecule has 1 heterocycles. The van der Waals surface area contributed by atoms with Gasteiger partial charge in [-0.1, -0.05) is 0 Å². The first kappa shape index (κ1) is 12.4. The Kier molecular flexibility index (Phi) is 3.69. The largest absolute Gasteiger partial charge is 0.358 e. The fourth-order valence-electron chi connectivity index (χ4n) is 1.82. The summed E-state index contributed by atoms with van der Waals surface area (Å²) < 4.78 is 24.9. The van der Waals surface area contributed by atoms with Crippen molar-refractivity contribution in [2.75, 3.05) is 26.4 Å². The molecule has 1 rings (SSSR count). The molecule has 0 aromatic heterocycles. The lowest BCUT2D eigenvalue weighted by atomic mass is 9.89. The van der Waals surface area contributed by atoms with Crippen LogP contribution in [0.5, 0.6) is 0 Å². The molecule has 88 valence electrons. The Morgan fingerprint density at radius 2 is 1.87 bits per heavy atom. The van der Waals surface area contributed by atoms with E-state index in [2.05, 4.69) is 15.4 Å². The van der Waals surface area contributed by atoms with Crippen molar-refractivity contribution in [2.24, 2.45) is 0 Å². The fraction of sp³-hybridized carbons (Fsp3) is 0.875. The number of likely N-dealkylation sites (N-methyl/N-ethyl adjacent to an activating group) is 1. The van der Waals surface area contributed by atoms with Crippen molar-refractivity contribution in [1.82, 2.24) is 15.4 Å². The van der Waals surface area contributed by atoms with E-state index in [0.717, 1.165) is 6.26 Å². The van der Waals surface area contributed by atoms with E-state index in [1.165, 1.54) is 7.05 Å². The van der Waals surface area contributed by atoms with E-state index in [1.807, 2.05) is 0 Å². The van der Waals surface area contributed by atoms with Gasteiger partial charge in [0.1, 0.15) is 5.54 Å². The molecule has 0 aliphatic carbocycles. The van der Waals surface area contributed by atoms with E-state index >= 15 is 0 Å². The van der Waals surface area contributed by atoms with Gasteiger partial charge in [0, 0.05) is 7.05 Å². The maximum absolute atomic E-state index is 11.7. The molecule has 0 unspecified atom stereocenters. The third-order valence-corrected chi connectivity index (χ3v) is 3.26. The zero-order valence-corrected chi connectivity index (χ0v) is 9.78. The lowest BCUT2D eigenvalue weighted by Crippen LogP contribution is -2.62. The van der Waals surface area contributed by atoms with E-state index < -0.39 is 15.6 Å². The van der Waals surface area contributed by atoms with Gasteiger partial charge in [0.2, 0.25) is 15.9 Å². The Labute approximate surface area is 89.9 Å². The van der Waals surface area contributed by atoms with Gasteiger partial charge in [-0.05, 0) is 25.9 Å². The first-order chi connectivity index (χ1) is 6.90. The summed E-state index contributed by atoms with van der Waals surface area (Å²) >= 11 is 0. The molecule has 6 nitrogen and oxygen atoms in total. The molecular formula is C8H17N3O3S. The van der Waals surface area contributed by atoms with E-state index in [-0.39, 0.29) is 5.91 Å². The van der Waals surface area contributed by atoms with Crippen LogP contribution in [-0.4, -0.2) is 46.3 Å². The molecule has 1 aliphatic rings. The van der Waals surface area contributed by atoms with Gasteiger partial charge in [-0.25, -0.2) is 8.42 Å². The predicted octanol–water partition coefficient (Wildman–Crippen LogP) is -1.60. The Bertz CT molecular complexity index is 333. The number of hydrogen-bond acceptors (Lipinski definition) is 4. The summed E-state index contributed by atoms with van der Waals surface area (Å²) in [4.78, 5) is 11.7. The highest BCUT2D eigenvalue weighted by atomic mass is 32.2. The minimum atomic E-state index is -3.38. The Morgan fingerprint density at radius 3 is 2.27 bits per heavy atom. The number of sulfonamides is 1. The van der Waals surface area contributed by atoms with Crippen LogP contribution in [0.25, 0.3) is 0 Å². The highest BCUT2D eigenvalue weighted by Gasteiger charge is 2.41. The van der Waals surface area contributed by atoms with Crippen molar-refractivity contribution in [3.63, 3.8) is 0 Å². The molecule has 1 fully saturated rings. The summed E-state index contributed by atoms with van der Waals surface area (Å²) in [5, 5.41) is 5.59. The minimum absolute atomic E-state index is 0.269. The number of carbonyl (C=O) groups is 1. The third-order valence-electron chi connectivity index (χ3n) is 2.50. The average Bonchev–Trinajstić information content (AvgIpc) is 2.15. The molecular weight excluding hydrogens is 218 g/mol. The molecule has 0 aromatic carbocycles. The normalized spacial score (nSPS) is 20.9. The van der Waals surface area contributed by atoms with Crippen molar-refractivity contribution in [3.8, 4) is 0 Å². The van der Waals surface area contributed by atoms with E-state index in [1.54, 1.807) is 0 Å². The van der Waals surface area contributed by atoms with Crippen LogP contribution >= 0.6 is 0 Å². The minimum Gasteiger partial charge on any atom is -0.358 e. The third kappa shape index (κ3) is 3.15.